The Morgan fingerprint density at radius 1 is 1.20 bits per heavy atom. The first-order valence-corrected chi connectivity index (χ1v) is 6.50. The number of likely N-dealkylation sites (tertiary alicyclic amines) is 1. The van der Waals surface area contributed by atoms with E-state index in [9.17, 15) is 18.4 Å². The molecule has 3 rings (SSSR count). The highest BCUT2D eigenvalue weighted by Gasteiger charge is 2.53. The molecule has 1 aromatic rings. The molecule has 1 aliphatic heterocycles. The highest BCUT2D eigenvalue weighted by Crippen LogP contribution is 2.52. The highest BCUT2D eigenvalue weighted by molar-refractivity contribution is 5.96. The first-order chi connectivity index (χ1) is 9.49. The van der Waals surface area contributed by atoms with Crippen molar-refractivity contribution in [1.29, 1.82) is 0 Å². The molecule has 106 valence electrons. The predicted octanol–water partition coefficient (Wildman–Crippen LogP) is 1.32. The van der Waals surface area contributed by atoms with Crippen molar-refractivity contribution in [2.24, 2.45) is 5.41 Å². The molecule has 0 aromatic heterocycles. The number of benzene rings is 1. The van der Waals surface area contributed by atoms with Crippen LogP contribution >= 0.6 is 0 Å². The Labute approximate surface area is 114 Å². The molecule has 2 amide bonds. The van der Waals surface area contributed by atoms with Crippen molar-refractivity contribution < 1.29 is 18.4 Å². The van der Waals surface area contributed by atoms with E-state index in [1.54, 1.807) is 4.90 Å². The quantitative estimate of drug-likeness (QED) is 0.907. The molecule has 20 heavy (non-hydrogen) atoms. The number of hydrogen-bond donors (Lipinski definition) is 1. The minimum Gasteiger partial charge on any atom is -0.343 e. The van der Waals surface area contributed by atoms with Gasteiger partial charge >= 0.3 is 0 Å². The molecule has 1 N–H and O–H groups in total. The highest BCUT2D eigenvalue weighted by atomic mass is 19.2. The molecule has 1 saturated carbocycles. The zero-order valence-electron chi connectivity index (χ0n) is 10.8. The van der Waals surface area contributed by atoms with Gasteiger partial charge in [0.15, 0.2) is 11.6 Å². The van der Waals surface area contributed by atoms with Crippen molar-refractivity contribution in [3.63, 3.8) is 0 Å². The molecule has 2 fully saturated rings. The molecule has 0 unspecified atom stereocenters. The number of amides is 2. The van der Waals surface area contributed by atoms with Gasteiger partial charge in [-0.05, 0) is 31.0 Å². The predicted molar refractivity (Wildman–Crippen MR) is 66.9 cm³/mol. The molecular formula is C14H14F2N2O2. The summed E-state index contributed by atoms with van der Waals surface area (Å²) in [5.41, 5.74) is 0.374. The van der Waals surface area contributed by atoms with Gasteiger partial charge in [-0.3, -0.25) is 9.59 Å². The van der Waals surface area contributed by atoms with Gasteiger partial charge in [-0.15, -0.1) is 0 Å². The fraction of sp³-hybridized carbons (Fsp3) is 0.429. The summed E-state index contributed by atoms with van der Waals surface area (Å²) in [6.45, 7) is 1.42. The lowest BCUT2D eigenvalue weighted by atomic mass is 9.97. The molecule has 6 heteroatoms. The third-order valence-corrected chi connectivity index (χ3v) is 3.94. The number of carbonyl (C=O) groups excluding carboxylic acids is 2. The van der Waals surface area contributed by atoms with Gasteiger partial charge in [0.25, 0.3) is 5.91 Å². The van der Waals surface area contributed by atoms with E-state index < -0.39 is 17.5 Å². The third-order valence-electron chi connectivity index (χ3n) is 3.94. The molecule has 2 aliphatic rings. The second-order valence-corrected chi connectivity index (χ2v) is 5.56. The number of hydrogen-bond acceptors (Lipinski definition) is 2. The van der Waals surface area contributed by atoms with Gasteiger partial charge in [-0.25, -0.2) is 8.78 Å². The van der Waals surface area contributed by atoms with Crippen LogP contribution in [0, 0.1) is 17.0 Å². The lowest BCUT2D eigenvalue weighted by molar-refractivity contribution is -0.137. The maximum Gasteiger partial charge on any atom is 0.251 e. The molecule has 1 heterocycles. The van der Waals surface area contributed by atoms with Gasteiger partial charge in [0.1, 0.15) is 0 Å². The minimum atomic E-state index is -1.08. The van der Waals surface area contributed by atoms with Crippen LogP contribution in [0.2, 0.25) is 0 Å². The van der Waals surface area contributed by atoms with Crippen LogP contribution in [0.5, 0.6) is 0 Å². The summed E-state index contributed by atoms with van der Waals surface area (Å²) in [6, 6.07) is 2.89. The van der Waals surface area contributed by atoms with Crippen molar-refractivity contribution in [2.75, 3.05) is 19.6 Å². The van der Waals surface area contributed by atoms with Crippen LogP contribution in [-0.4, -0.2) is 36.3 Å². The normalized spacial score (nSPS) is 18.6. The Bertz CT molecular complexity index is 577. The zero-order chi connectivity index (χ0) is 14.3. The van der Waals surface area contributed by atoms with E-state index in [0.717, 1.165) is 25.2 Å². The Hall–Kier alpha value is -1.98. The number of nitrogens with zero attached hydrogens (tertiary/aromatic N) is 1. The van der Waals surface area contributed by atoms with E-state index in [1.165, 1.54) is 18.9 Å². The van der Waals surface area contributed by atoms with Crippen LogP contribution in [-0.2, 0) is 4.79 Å². The second-order valence-electron chi connectivity index (χ2n) is 5.56. The van der Waals surface area contributed by atoms with Gasteiger partial charge in [0.05, 0.1) is 6.54 Å². The fourth-order valence-corrected chi connectivity index (χ4v) is 2.44. The second kappa shape index (κ2) is 4.54. The van der Waals surface area contributed by atoms with Crippen LogP contribution in [0.1, 0.15) is 23.2 Å². The average molecular weight is 280 g/mol. The first kappa shape index (κ1) is 13.0. The van der Waals surface area contributed by atoms with Crippen LogP contribution in [0.3, 0.4) is 0 Å². The Balaban J connectivity index is 1.51. The Kier molecular flexibility index (Phi) is 2.96. The zero-order valence-corrected chi connectivity index (χ0v) is 10.8. The summed E-state index contributed by atoms with van der Waals surface area (Å²) in [4.78, 5) is 25.2. The number of halogens is 2. The Morgan fingerprint density at radius 2 is 1.90 bits per heavy atom. The first-order valence-electron chi connectivity index (χ1n) is 6.50. The van der Waals surface area contributed by atoms with Crippen LogP contribution in [0.4, 0.5) is 8.78 Å². The third kappa shape index (κ3) is 2.37. The van der Waals surface area contributed by atoms with Gasteiger partial charge < -0.3 is 10.2 Å². The summed E-state index contributed by atoms with van der Waals surface area (Å²) in [6.07, 6.45) is 2.36. The molecule has 1 saturated heterocycles. The summed E-state index contributed by atoms with van der Waals surface area (Å²) >= 11 is 0. The number of rotatable bonds is 3. The molecule has 1 aromatic carbocycles. The van der Waals surface area contributed by atoms with E-state index in [4.69, 9.17) is 0 Å². The molecule has 1 spiro atoms. The van der Waals surface area contributed by atoms with Gasteiger partial charge in [-0.2, -0.15) is 0 Å². The minimum absolute atomic E-state index is 0.000951. The van der Waals surface area contributed by atoms with Crippen molar-refractivity contribution >= 4 is 11.8 Å². The summed E-state index contributed by atoms with van der Waals surface area (Å²) in [5, 5.41) is 2.42. The van der Waals surface area contributed by atoms with Crippen LogP contribution in [0.25, 0.3) is 0 Å². The standard InChI is InChI=1S/C14H14F2N2O2/c15-10-2-1-9(5-11(10)16)13(20)17-6-12(19)18-7-14(8-18)3-4-14/h1-2,5H,3-4,6-8H2,(H,17,20). The summed E-state index contributed by atoms with van der Waals surface area (Å²) in [7, 11) is 0. The smallest absolute Gasteiger partial charge is 0.251 e. The van der Waals surface area contributed by atoms with E-state index in [-0.39, 0.29) is 18.0 Å². The lowest BCUT2D eigenvalue weighted by Crippen LogP contribution is -2.54. The van der Waals surface area contributed by atoms with E-state index in [2.05, 4.69) is 5.32 Å². The van der Waals surface area contributed by atoms with Crippen molar-refractivity contribution in [3.05, 3.63) is 35.4 Å². The van der Waals surface area contributed by atoms with Gasteiger partial charge in [0, 0.05) is 24.1 Å². The summed E-state index contributed by atoms with van der Waals surface area (Å²) in [5.74, 6) is -2.81. The number of nitrogens with one attached hydrogen (secondary N) is 1. The van der Waals surface area contributed by atoms with Gasteiger partial charge in [0.2, 0.25) is 5.91 Å². The molecule has 4 nitrogen and oxygen atoms in total. The van der Waals surface area contributed by atoms with E-state index >= 15 is 0 Å². The summed E-state index contributed by atoms with van der Waals surface area (Å²) < 4.78 is 25.7. The maximum absolute atomic E-state index is 13.0. The van der Waals surface area contributed by atoms with Crippen LogP contribution < -0.4 is 5.32 Å². The fourth-order valence-electron chi connectivity index (χ4n) is 2.44. The average Bonchev–Trinajstić information content (AvgIpc) is 3.17. The van der Waals surface area contributed by atoms with Crippen molar-refractivity contribution in [3.8, 4) is 0 Å². The van der Waals surface area contributed by atoms with E-state index in [0.29, 0.717) is 5.41 Å². The Morgan fingerprint density at radius 3 is 2.50 bits per heavy atom. The molecule has 0 bridgehead atoms. The van der Waals surface area contributed by atoms with Crippen LogP contribution in [0.15, 0.2) is 18.2 Å². The molecular weight excluding hydrogens is 266 g/mol. The largest absolute Gasteiger partial charge is 0.343 e. The molecule has 1 aliphatic carbocycles. The molecule has 0 radical (unpaired) electrons. The lowest BCUT2D eigenvalue weighted by Gasteiger charge is -2.40. The number of carbonyl (C=O) groups is 2. The van der Waals surface area contributed by atoms with Crippen molar-refractivity contribution in [2.45, 2.75) is 12.8 Å². The monoisotopic (exact) mass is 280 g/mol. The van der Waals surface area contributed by atoms with Crippen molar-refractivity contribution in [1.82, 2.24) is 10.2 Å². The van der Waals surface area contributed by atoms with E-state index in [1.807, 2.05) is 0 Å². The van der Waals surface area contributed by atoms with Gasteiger partial charge in [-0.1, -0.05) is 0 Å². The SMILES string of the molecule is O=C(NCC(=O)N1CC2(CC2)C1)c1ccc(F)c(F)c1. The molecule has 0 atom stereocenters. The maximum atomic E-state index is 13.0. The topological polar surface area (TPSA) is 49.4 Å².